The molecule has 0 radical (unpaired) electrons. The van der Waals surface area contributed by atoms with Gasteiger partial charge in [-0.15, -0.1) is 11.3 Å². The first-order valence-electron chi connectivity index (χ1n) is 6.96. The molecular weight excluding hydrogens is 286 g/mol. The number of nitrogens with zero attached hydrogens (tertiary/aromatic N) is 1. The van der Waals surface area contributed by atoms with Crippen LogP contribution in [0.25, 0.3) is 0 Å². The van der Waals surface area contributed by atoms with Crippen LogP contribution in [0.5, 0.6) is 11.5 Å². The number of rotatable bonds is 7. The van der Waals surface area contributed by atoms with E-state index in [9.17, 15) is 0 Å². The van der Waals surface area contributed by atoms with Crippen molar-refractivity contribution in [2.45, 2.75) is 26.8 Å². The van der Waals surface area contributed by atoms with Crippen LogP contribution in [0.3, 0.4) is 0 Å². The highest BCUT2D eigenvalue weighted by atomic mass is 32.1. The summed E-state index contributed by atoms with van der Waals surface area (Å²) in [6.07, 6.45) is 0. The predicted molar refractivity (Wildman–Crippen MR) is 84.8 cm³/mol. The molecule has 0 spiro atoms. The van der Waals surface area contributed by atoms with Crippen LogP contribution in [0.4, 0.5) is 0 Å². The summed E-state index contributed by atoms with van der Waals surface area (Å²) in [6, 6.07) is 5.78. The lowest BCUT2D eigenvalue weighted by Crippen LogP contribution is -2.28. The zero-order valence-corrected chi connectivity index (χ0v) is 13.4. The molecule has 0 aliphatic carbocycles. The molecular formula is C15H21N3O2S. The third kappa shape index (κ3) is 3.53. The Hall–Kier alpha value is -1.63. The van der Waals surface area contributed by atoms with E-state index in [0.717, 1.165) is 27.6 Å². The summed E-state index contributed by atoms with van der Waals surface area (Å²) in [4.78, 5) is 5.38. The molecule has 21 heavy (non-hydrogen) atoms. The second kappa shape index (κ2) is 7.40. The van der Waals surface area contributed by atoms with E-state index in [0.29, 0.717) is 13.2 Å². The number of nitrogens with two attached hydrogens (primary N) is 1. The molecule has 0 aliphatic heterocycles. The fourth-order valence-corrected chi connectivity index (χ4v) is 3.05. The van der Waals surface area contributed by atoms with Crippen LogP contribution in [-0.2, 0) is 0 Å². The standard InChI is InChI=1S/C15H21N3O2S/c1-4-19-12-7-6-11(8-13(12)20-5-2)14(18-16)15-10(3)17-9-21-15/h6-9,14,18H,4-5,16H2,1-3H3. The molecule has 1 aromatic carbocycles. The molecule has 2 rings (SSSR count). The Morgan fingerprint density at radius 2 is 1.95 bits per heavy atom. The monoisotopic (exact) mass is 307 g/mol. The molecule has 5 nitrogen and oxygen atoms in total. The Morgan fingerprint density at radius 1 is 1.24 bits per heavy atom. The van der Waals surface area contributed by atoms with Gasteiger partial charge in [0.25, 0.3) is 0 Å². The fraction of sp³-hybridized carbons (Fsp3) is 0.400. The van der Waals surface area contributed by atoms with Gasteiger partial charge in [-0.3, -0.25) is 5.84 Å². The first kappa shape index (κ1) is 15.8. The van der Waals surface area contributed by atoms with Gasteiger partial charge in [-0.25, -0.2) is 10.4 Å². The van der Waals surface area contributed by atoms with Gasteiger partial charge >= 0.3 is 0 Å². The highest BCUT2D eigenvalue weighted by molar-refractivity contribution is 7.09. The molecule has 0 fully saturated rings. The molecule has 1 aromatic heterocycles. The average Bonchev–Trinajstić information content (AvgIpc) is 2.89. The van der Waals surface area contributed by atoms with E-state index < -0.39 is 0 Å². The summed E-state index contributed by atoms with van der Waals surface area (Å²) in [7, 11) is 0. The third-order valence-corrected chi connectivity index (χ3v) is 4.11. The second-order valence-corrected chi connectivity index (χ2v) is 5.36. The van der Waals surface area contributed by atoms with Crippen molar-refractivity contribution in [3.63, 3.8) is 0 Å². The van der Waals surface area contributed by atoms with Crippen molar-refractivity contribution in [2.24, 2.45) is 5.84 Å². The minimum absolute atomic E-state index is 0.104. The lowest BCUT2D eigenvalue weighted by Gasteiger charge is -2.18. The van der Waals surface area contributed by atoms with E-state index in [1.54, 1.807) is 11.3 Å². The molecule has 0 saturated heterocycles. The van der Waals surface area contributed by atoms with Crippen molar-refractivity contribution in [3.05, 3.63) is 39.8 Å². The largest absolute Gasteiger partial charge is 0.490 e. The van der Waals surface area contributed by atoms with Crippen molar-refractivity contribution >= 4 is 11.3 Å². The summed E-state index contributed by atoms with van der Waals surface area (Å²) in [6.45, 7) is 7.08. The van der Waals surface area contributed by atoms with Gasteiger partial charge in [-0.1, -0.05) is 6.07 Å². The van der Waals surface area contributed by atoms with Crippen molar-refractivity contribution in [2.75, 3.05) is 13.2 Å². The van der Waals surface area contributed by atoms with Gasteiger partial charge in [0.1, 0.15) is 0 Å². The quantitative estimate of drug-likeness (QED) is 0.608. The maximum absolute atomic E-state index is 5.74. The normalized spacial score (nSPS) is 12.2. The lowest BCUT2D eigenvalue weighted by atomic mass is 10.0. The zero-order chi connectivity index (χ0) is 15.2. The topological polar surface area (TPSA) is 69.4 Å². The molecule has 0 saturated carbocycles. The van der Waals surface area contributed by atoms with Gasteiger partial charge in [-0.2, -0.15) is 0 Å². The molecule has 0 amide bonds. The lowest BCUT2D eigenvalue weighted by molar-refractivity contribution is 0.287. The summed E-state index contributed by atoms with van der Waals surface area (Å²) in [5.74, 6) is 7.23. The number of hydrogen-bond donors (Lipinski definition) is 2. The van der Waals surface area contributed by atoms with Gasteiger partial charge in [0, 0.05) is 0 Å². The van der Waals surface area contributed by atoms with Gasteiger partial charge in [0.2, 0.25) is 0 Å². The van der Waals surface area contributed by atoms with Crippen molar-refractivity contribution in [3.8, 4) is 11.5 Å². The number of benzene rings is 1. The van der Waals surface area contributed by atoms with Crippen LogP contribution in [0.2, 0.25) is 0 Å². The van der Waals surface area contributed by atoms with Crippen LogP contribution >= 0.6 is 11.3 Å². The Balaban J connectivity index is 2.38. The molecule has 1 heterocycles. The van der Waals surface area contributed by atoms with Gasteiger partial charge in [0.15, 0.2) is 11.5 Å². The van der Waals surface area contributed by atoms with Crippen molar-refractivity contribution in [1.29, 1.82) is 0 Å². The molecule has 1 unspecified atom stereocenters. The third-order valence-electron chi connectivity index (χ3n) is 3.11. The fourth-order valence-electron chi connectivity index (χ4n) is 2.16. The Kier molecular flexibility index (Phi) is 5.55. The minimum Gasteiger partial charge on any atom is -0.490 e. The SMILES string of the molecule is CCOc1ccc(C(NN)c2scnc2C)cc1OCC. The highest BCUT2D eigenvalue weighted by Gasteiger charge is 2.19. The molecule has 0 aliphatic rings. The number of nitrogens with one attached hydrogen (secondary N) is 1. The van der Waals surface area contributed by atoms with Crippen LogP contribution < -0.4 is 20.7 Å². The first-order chi connectivity index (χ1) is 10.2. The zero-order valence-electron chi connectivity index (χ0n) is 12.6. The van der Waals surface area contributed by atoms with E-state index in [4.69, 9.17) is 15.3 Å². The average molecular weight is 307 g/mol. The van der Waals surface area contributed by atoms with E-state index in [2.05, 4.69) is 10.4 Å². The molecule has 114 valence electrons. The van der Waals surface area contributed by atoms with Gasteiger partial charge in [0.05, 0.1) is 35.3 Å². The summed E-state index contributed by atoms with van der Waals surface area (Å²) >= 11 is 1.59. The molecule has 3 N–H and O–H groups in total. The Morgan fingerprint density at radius 3 is 2.52 bits per heavy atom. The molecule has 2 aromatic rings. The van der Waals surface area contributed by atoms with Gasteiger partial charge in [-0.05, 0) is 38.5 Å². The number of hydrogen-bond acceptors (Lipinski definition) is 6. The number of ether oxygens (including phenoxy) is 2. The van der Waals surface area contributed by atoms with Gasteiger partial charge < -0.3 is 9.47 Å². The van der Waals surface area contributed by atoms with E-state index in [1.807, 2.05) is 44.5 Å². The maximum Gasteiger partial charge on any atom is 0.161 e. The van der Waals surface area contributed by atoms with Crippen molar-refractivity contribution < 1.29 is 9.47 Å². The number of aromatic nitrogens is 1. The predicted octanol–water partition coefficient (Wildman–Crippen LogP) is 2.80. The number of thiazole rings is 1. The summed E-state index contributed by atoms with van der Waals surface area (Å²) in [5.41, 5.74) is 6.69. The van der Waals surface area contributed by atoms with Crippen LogP contribution in [0, 0.1) is 6.92 Å². The summed E-state index contributed by atoms with van der Waals surface area (Å²) < 4.78 is 11.3. The Bertz CT molecular complexity index is 586. The first-order valence-corrected chi connectivity index (χ1v) is 7.84. The van der Waals surface area contributed by atoms with Crippen LogP contribution in [0.1, 0.15) is 36.0 Å². The second-order valence-electron chi connectivity index (χ2n) is 4.47. The Labute approximate surface area is 129 Å². The van der Waals surface area contributed by atoms with Crippen LogP contribution in [-0.4, -0.2) is 18.2 Å². The van der Waals surface area contributed by atoms with E-state index >= 15 is 0 Å². The molecule has 1 atom stereocenters. The van der Waals surface area contributed by atoms with E-state index in [1.165, 1.54) is 0 Å². The minimum atomic E-state index is -0.104. The smallest absolute Gasteiger partial charge is 0.161 e. The number of hydrazine groups is 1. The molecule has 6 heteroatoms. The van der Waals surface area contributed by atoms with E-state index in [-0.39, 0.29) is 6.04 Å². The highest BCUT2D eigenvalue weighted by Crippen LogP contribution is 2.34. The summed E-state index contributed by atoms with van der Waals surface area (Å²) in [5, 5.41) is 0. The number of aryl methyl sites for hydroxylation is 1. The van der Waals surface area contributed by atoms with Crippen molar-refractivity contribution in [1.82, 2.24) is 10.4 Å². The van der Waals surface area contributed by atoms with Crippen LogP contribution in [0.15, 0.2) is 23.7 Å². The molecule has 0 bridgehead atoms. The maximum atomic E-state index is 5.74.